The van der Waals surface area contributed by atoms with Crippen molar-refractivity contribution in [2.75, 3.05) is 20.1 Å². The number of aryl methyl sites for hydroxylation is 1. The molecule has 0 atom stereocenters. The van der Waals surface area contributed by atoms with Crippen molar-refractivity contribution in [1.82, 2.24) is 9.88 Å². The van der Waals surface area contributed by atoms with Crippen LogP contribution in [0.5, 0.6) is 0 Å². The zero-order chi connectivity index (χ0) is 10.7. The summed E-state index contributed by atoms with van der Waals surface area (Å²) in [6, 6.07) is 4.33. The lowest BCUT2D eigenvalue weighted by Crippen LogP contribution is -2.23. The Bertz CT molecular complexity index is 351. The van der Waals surface area contributed by atoms with E-state index in [-0.39, 0.29) is 0 Å². The number of hydrogen-bond donors (Lipinski definition) is 0. The van der Waals surface area contributed by atoms with E-state index in [2.05, 4.69) is 42.1 Å². The van der Waals surface area contributed by atoms with E-state index in [1.54, 1.807) is 0 Å². The van der Waals surface area contributed by atoms with Gasteiger partial charge in [0.1, 0.15) is 0 Å². The summed E-state index contributed by atoms with van der Waals surface area (Å²) in [7, 11) is 2.15. The summed E-state index contributed by atoms with van der Waals surface area (Å²) in [4.78, 5) is 6.83. The first-order valence-corrected chi connectivity index (χ1v) is 5.62. The van der Waals surface area contributed by atoms with Gasteiger partial charge in [-0.05, 0) is 37.1 Å². The van der Waals surface area contributed by atoms with Crippen molar-refractivity contribution in [3.8, 4) is 0 Å². The van der Waals surface area contributed by atoms with Gasteiger partial charge in [0.25, 0.3) is 0 Å². The molecule has 0 aliphatic carbocycles. The SMILES string of the molecule is CCc1ccc(C2=CCN(C)CC2)nc1. The van der Waals surface area contributed by atoms with E-state index in [9.17, 15) is 0 Å². The highest BCUT2D eigenvalue weighted by Crippen LogP contribution is 2.19. The average molecular weight is 202 g/mol. The molecule has 1 aromatic heterocycles. The van der Waals surface area contributed by atoms with Gasteiger partial charge < -0.3 is 4.90 Å². The molecular formula is C13H18N2. The van der Waals surface area contributed by atoms with Crippen LogP contribution in [0.1, 0.15) is 24.6 Å². The number of nitrogens with zero attached hydrogens (tertiary/aromatic N) is 2. The molecule has 1 aromatic rings. The topological polar surface area (TPSA) is 16.1 Å². The lowest BCUT2D eigenvalue weighted by Gasteiger charge is -2.21. The summed E-state index contributed by atoms with van der Waals surface area (Å²) in [6.07, 6.45) is 6.47. The van der Waals surface area contributed by atoms with Crippen LogP contribution >= 0.6 is 0 Å². The molecule has 0 saturated carbocycles. The molecule has 2 nitrogen and oxygen atoms in total. The number of rotatable bonds is 2. The second kappa shape index (κ2) is 4.58. The molecule has 0 amide bonds. The van der Waals surface area contributed by atoms with Gasteiger partial charge in [0.2, 0.25) is 0 Å². The number of aromatic nitrogens is 1. The van der Waals surface area contributed by atoms with Crippen LogP contribution in [0.4, 0.5) is 0 Å². The minimum atomic E-state index is 1.05. The third-order valence-corrected chi connectivity index (χ3v) is 2.97. The Morgan fingerprint density at radius 2 is 2.27 bits per heavy atom. The first-order valence-electron chi connectivity index (χ1n) is 5.62. The smallest absolute Gasteiger partial charge is 0.0659 e. The zero-order valence-electron chi connectivity index (χ0n) is 9.53. The maximum Gasteiger partial charge on any atom is 0.0659 e. The van der Waals surface area contributed by atoms with Crippen molar-refractivity contribution >= 4 is 5.57 Å². The highest BCUT2D eigenvalue weighted by Gasteiger charge is 2.09. The molecule has 0 fully saturated rings. The van der Waals surface area contributed by atoms with Gasteiger partial charge in [0.05, 0.1) is 5.69 Å². The molecule has 1 aliphatic heterocycles. The normalized spacial score (nSPS) is 17.6. The summed E-state index contributed by atoms with van der Waals surface area (Å²) < 4.78 is 0. The minimum Gasteiger partial charge on any atom is -0.302 e. The van der Waals surface area contributed by atoms with Gasteiger partial charge >= 0.3 is 0 Å². The Hall–Kier alpha value is -1.15. The van der Waals surface area contributed by atoms with Gasteiger partial charge in [0.15, 0.2) is 0 Å². The van der Waals surface area contributed by atoms with E-state index in [1.165, 1.54) is 11.1 Å². The molecule has 80 valence electrons. The van der Waals surface area contributed by atoms with Crippen LogP contribution in [-0.4, -0.2) is 30.0 Å². The molecular weight excluding hydrogens is 184 g/mol. The Morgan fingerprint density at radius 3 is 2.80 bits per heavy atom. The Morgan fingerprint density at radius 1 is 1.40 bits per heavy atom. The largest absolute Gasteiger partial charge is 0.302 e. The van der Waals surface area contributed by atoms with E-state index in [1.807, 2.05) is 6.20 Å². The van der Waals surface area contributed by atoms with Crippen LogP contribution in [0.15, 0.2) is 24.4 Å². The van der Waals surface area contributed by atoms with E-state index in [4.69, 9.17) is 0 Å². The van der Waals surface area contributed by atoms with Crippen LogP contribution in [0.2, 0.25) is 0 Å². The number of hydrogen-bond acceptors (Lipinski definition) is 2. The van der Waals surface area contributed by atoms with Crippen molar-refractivity contribution in [2.24, 2.45) is 0 Å². The lowest BCUT2D eigenvalue weighted by atomic mass is 10.0. The maximum atomic E-state index is 4.51. The second-order valence-electron chi connectivity index (χ2n) is 4.15. The fourth-order valence-electron chi connectivity index (χ4n) is 1.83. The molecule has 1 aliphatic rings. The summed E-state index contributed by atoms with van der Waals surface area (Å²) in [6.45, 7) is 4.35. The predicted octanol–water partition coefficient (Wildman–Crippen LogP) is 2.36. The molecule has 2 rings (SSSR count). The fraction of sp³-hybridized carbons (Fsp3) is 0.462. The summed E-state index contributed by atoms with van der Waals surface area (Å²) in [5.74, 6) is 0. The van der Waals surface area contributed by atoms with E-state index in [0.717, 1.165) is 31.6 Å². The summed E-state index contributed by atoms with van der Waals surface area (Å²) in [5, 5.41) is 0. The predicted molar refractivity (Wildman–Crippen MR) is 63.7 cm³/mol. The molecule has 15 heavy (non-hydrogen) atoms. The third-order valence-electron chi connectivity index (χ3n) is 2.97. The van der Waals surface area contributed by atoms with Crippen LogP contribution in [0.3, 0.4) is 0 Å². The first kappa shape index (κ1) is 10.4. The third kappa shape index (κ3) is 2.45. The van der Waals surface area contributed by atoms with Crippen molar-refractivity contribution in [3.05, 3.63) is 35.7 Å². The number of likely N-dealkylation sites (N-methyl/N-ethyl adjacent to an activating group) is 1. The molecule has 0 unspecified atom stereocenters. The van der Waals surface area contributed by atoms with Crippen molar-refractivity contribution < 1.29 is 0 Å². The molecule has 0 saturated heterocycles. The van der Waals surface area contributed by atoms with Gasteiger partial charge in [-0.25, -0.2) is 0 Å². The van der Waals surface area contributed by atoms with Gasteiger partial charge in [-0.2, -0.15) is 0 Å². The number of pyridine rings is 1. The maximum absolute atomic E-state index is 4.51. The van der Waals surface area contributed by atoms with Gasteiger partial charge in [-0.3, -0.25) is 4.98 Å². The van der Waals surface area contributed by atoms with Gasteiger partial charge in [0, 0.05) is 19.3 Å². The van der Waals surface area contributed by atoms with Crippen molar-refractivity contribution in [2.45, 2.75) is 19.8 Å². The fourth-order valence-corrected chi connectivity index (χ4v) is 1.83. The monoisotopic (exact) mass is 202 g/mol. The molecule has 2 heterocycles. The molecule has 2 heteroatoms. The Balaban J connectivity index is 2.16. The summed E-state index contributed by atoms with van der Waals surface area (Å²) in [5.41, 5.74) is 3.86. The Kier molecular flexibility index (Phi) is 3.17. The first-order chi connectivity index (χ1) is 7.29. The molecule has 0 spiro atoms. The second-order valence-corrected chi connectivity index (χ2v) is 4.15. The van der Waals surface area contributed by atoms with Gasteiger partial charge in [-0.1, -0.05) is 19.1 Å². The van der Waals surface area contributed by atoms with Crippen LogP contribution < -0.4 is 0 Å². The van der Waals surface area contributed by atoms with E-state index in [0.29, 0.717) is 0 Å². The standard InChI is InChI=1S/C13H18N2/c1-3-11-4-5-13(14-10-11)12-6-8-15(2)9-7-12/h4-6,10H,3,7-9H2,1-2H3. The lowest BCUT2D eigenvalue weighted by molar-refractivity contribution is 0.369. The van der Waals surface area contributed by atoms with E-state index < -0.39 is 0 Å². The molecule has 0 N–H and O–H groups in total. The zero-order valence-corrected chi connectivity index (χ0v) is 9.53. The van der Waals surface area contributed by atoms with Crippen molar-refractivity contribution in [3.63, 3.8) is 0 Å². The highest BCUT2D eigenvalue weighted by atomic mass is 15.1. The molecule has 0 bridgehead atoms. The highest BCUT2D eigenvalue weighted by molar-refractivity contribution is 5.63. The van der Waals surface area contributed by atoms with Crippen LogP contribution in [0, 0.1) is 0 Å². The average Bonchev–Trinajstić information content (AvgIpc) is 2.30. The van der Waals surface area contributed by atoms with Crippen LogP contribution in [0.25, 0.3) is 5.57 Å². The summed E-state index contributed by atoms with van der Waals surface area (Å²) >= 11 is 0. The molecule has 0 aromatic carbocycles. The minimum absolute atomic E-state index is 1.05. The quantitative estimate of drug-likeness (QED) is 0.732. The van der Waals surface area contributed by atoms with Crippen LogP contribution in [-0.2, 0) is 6.42 Å². The van der Waals surface area contributed by atoms with Crippen molar-refractivity contribution in [1.29, 1.82) is 0 Å². The Labute approximate surface area is 91.6 Å². The van der Waals surface area contributed by atoms with Gasteiger partial charge in [-0.15, -0.1) is 0 Å². The molecule has 0 radical (unpaired) electrons. The van der Waals surface area contributed by atoms with E-state index >= 15 is 0 Å².